The molecule has 0 aliphatic heterocycles. The number of nitrogens with one attached hydrogen (secondary N) is 1. The van der Waals surface area contributed by atoms with Crippen LogP contribution in [0, 0.1) is 6.92 Å². The van der Waals surface area contributed by atoms with Crippen molar-refractivity contribution in [1.82, 2.24) is 4.98 Å². The zero-order chi connectivity index (χ0) is 13.8. The highest BCUT2D eigenvalue weighted by Gasteiger charge is 2.08. The van der Waals surface area contributed by atoms with Crippen LogP contribution >= 0.6 is 0 Å². The summed E-state index contributed by atoms with van der Waals surface area (Å²) in [7, 11) is 0. The molecule has 0 aliphatic rings. The fraction of sp³-hybridized carbons (Fsp3) is 0.250. The second-order valence-corrected chi connectivity index (χ2v) is 4.90. The Morgan fingerprint density at radius 3 is 2.47 bits per heavy atom. The van der Waals surface area contributed by atoms with Gasteiger partial charge in [-0.15, -0.1) is 0 Å². The molecule has 0 aliphatic carbocycles. The lowest BCUT2D eigenvalue weighted by atomic mass is 10.1. The van der Waals surface area contributed by atoms with Gasteiger partial charge >= 0.3 is 0 Å². The van der Waals surface area contributed by atoms with Gasteiger partial charge in [-0.2, -0.15) is 0 Å². The quantitative estimate of drug-likeness (QED) is 0.906. The highest BCUT2D eigenvalue weighted by Crippen LogP contribution is 2.18. The molecule has 19 heavy (non-hydrogen) atoms. The molecular weight excluding hydrogens is 236 g/mol. The maximum absolute atomic E-state index is 12.1. The van der Waals surface area contributed by atoms with E-state index in [0.717, 1.165) is 17.1 Å². The number of amides is 1. The number of benzene rings is 1. The van der Waals surface area contributed by atoms with Crippen molar-refractivity contribution < 1.29 is 4.79 Å². The Balaban J connectivity index is 2.22. The summed E-state index contributed by atoms with van der Waals surface area (Å²) >= 11 is 0. The lowest BCUT2D eigenvalue weighted by Crippen LogP contribution is -2.12. The lowest BCUT2D eigenvalue weighted by Gasteiger charge is -2.10. The Hall–Kier alpha value is -2.16. The van der Waals surface area contributed by atoms with Gasteiger partial charge in [-0.25, -0.2) is 0 Å². The molecule has 3 nitrogen and oxygen atoms in total. The summed E-state index contributed by atoms with van der Waals surface area (Å²) in [5.41, 5.74) is 3.35. The molecule has 2 rings (SSSR count). The topological polar surface area (TPSA) is 42.0 Å². The second kappa shape index (κ2) is 5.65. The highest BCUT2D eigenvalue weighted by molar-refractivity contribution is 6.04. The molecule has 1 N–H and O–H groups in total. The molecule has 0 fully saturated rings. The first-order valence-electron chi connectivity index (χ1n) is 6.41. The second-order valence-electron chi connectivity index (χ2n) is 4.90. The van der Waals surface area contributed by atoms with E-state index in [1.807, 2.05) is 37.3 Å². The van der Waals surface area contributed by atoms with Crippen molar-refractivity contribution in [3.8, 4) is 0 Å². The van der Waals surface area contributed by atoms with Gasteiger partial charge in [0.15, 0.2) is 0 Å². The summed E-state index contributed by atoms with van der Waals surface area (Å²) in [5, 5.41) is 2.92. The zero-order valence-corrected chi connectivity index (χ0v) is 11.5. The van der Waals surface area contributed by atoms with Gasteiger partial charge in [-0.3, -0.25) is 9.78 Å². The maximum Gasteiger partial charge on any atom is 0.255 e. The standard InChI is InChI=1S/C16H18N2O/c1-11(2)15-10-14(9-12(3)17-15)18-16(19)13-7-5-4-6-8-13/h4-11H,1-3H3,(H,17,18,19). The number of hydrogen-bond acceptors (Lipinski definition) is 2. The Kier molecular flexibility index (Phi) is 3.95. The van der Waals surface area contributed by atoms with Crippen LogP contribution in [0.1, 0.15) is 41.5 Å². The number of pyridine rings is 1. The van der Waals surface area contributed by atoms with Crippen LogP contribution in [0.2, 0.25) is 0 Å². The van der Waals surface area contributed by atoms with Crippen molar-refractivity contribution in [2.75, 3.05) is 5.32 Å². The van der Waals surface area contributed by atoms with E-state index in [1.54, 1.807) is 12.1 Å². The summed E-state index contributed by atoms with van der Waals surface area (Å²) in [4.78, 5) is 16.5. The summed E-state index contributed by atoms with van der Waals surface area (Å²) in [6, 6.07) is 13.0. The number of carbonyl (C=O) groups is 1. The number of aromatic nitrogens is 1. The van der Waals surface area contributed by atoms with Crippen molar-refractivity contribution in [2.24, 2.45) is 0 Å². The van der Waals surface area contributed by atoms with E-state index in [4.69, 9.17) is 0 Å². The predicted octanol–water partition coefficient (Wildman–Crippen LogP) is 3.77. The van der Waals surface area contributed by atoms with Crippen LogP contribution in [0.3, 0.4) is 0 Å². The molecule has 1 aromatic carbocycles. The Bertz CT molecular complexity index is 577. The molecule has 1 aromatic heterocycles. The van der Waals surface area contributed by atoms with Crippen LogP contribution < -0.4 is 5.32 Å². The van der Waals surface area contributed by atoms with Crippen molar-refractivity contribution in [3.63, 3.8) is 0 Å². The normalized spacial score (nSPS) is 10.5. The molecule has 0 bridgehead atoms. The largest absolute Gasteiger partial charge is 0.322 e. The molecule has 0 unspecified atom stereocenters. The first kappa shape index (κ1) is 13.3. The van der Waals surface area contributed by atoms with Crippen LogP contribution in [-0.2, 0) is 0 Å². The minimum absolute atomic E-state index is 0.0964. The maximum atomic E-state index is 12.1. The molecule has 3 heteroatoms. The monoisotopic (exact) mass is 254 g/mol. The number of rotatable bonds is 3. The van der Waals surface area contributed by atoms with Crippen LogP contribution in [0.15, 0.2) is 42.5 Å². The fourth-order valence-corrected chi connectivity index (χ4v) is 1.85. The van der Waals surface area contributed by atoms with E-state index in [2.05, 4.69) is 24.1 Å². The van der Waals surface area contributed by atoms with Crippen LogP contribution in [0.25, 0.3) is 0 Å². The first-order valence-corrected chi connectivity index (χ1v) is 6.41. The smallest absolute Gasteiger partial charge is 0.255 e. The van der Waals surface area contributed by atoms with E-state index < -0.39 is 0 Å². The summed E-state index contributed by atoms with van der Waals surface area (Å²) in [6.45, 7) is 6.11. The highest BCUT2D eigenvalue weighted by atomic mass is 16.1. The molecule has 0 atom stereocenters. The van der Waals surface area contributed by atoms with Crippen molar-refractivity contribution in [3.05, 3.63) is 59.4 Å². The fourth-order valence-electron chi connectivity index (χ4n) is 1.85. The third kappa shape index (κ3) is 3.41. The Morgan fingerprint density at radius 1 is 1.16 bits per heavy atom. The molecule has 0 saturated carbocycles. The predicted molar refractivity (Wildman–Crippen MR) is 77.5 cm³/mol. The number of aryl methyl sites for hydroxylation is 1. The van der Waals surface area contributed by atoms with Crippen LogP contribution in [0.4, 0.5) is 5.69 Å². The summed E-state index contributed by atoms with van der Waals surface area (Å²) < 4.78 is 0. The molecule has 0 radical (unpaired) electrons. The number of hydrogen-bond donors (Lipinski definition) is 1. The van der Waals surface area contributed by atoms with Gasteiger partial charge < -0.3 is 5.32 Å². The van der Waals surface area contributed by atoms with E-state index in [-0.39, 0.29) is 5.91 Å². The van der Waals surface area contributed by atoms with E-state index >= 15 is 0 Å². The molecule has 1 amide bonds. The van der Waals surface area contributed by atoms with E-state index in [9.17, 15) is 4.79 Å². The Labute approximate surface area is 113 Å². The van der Waals surface area contributed by atoms with Gasteiger partial charge in [-0.1, -0.05) is 32.0 Å². The molecule has 2 aromatic rings. The first-order chi connectivity index (χ1) is 9.06. The average Bonchev–Trinajstić information content (AvgIpc) is 2.39. The van der Waals surface area contributed by atoms with Gasteiger partial charge in [0.25, 0.3) is 5.91 Å². The number of nitrogens with zero attached hydrogens (tertiary/aromatic N) is 1. The third-order valence-corrected chi connectivity index (χ3v) is 2.86. The minimum Gasteiger partial charge on any atom is -0.322 e. The van der Waals surface area contributed by atoms with Crippen molar-refractivity contribution in [2.45, 2.75) is 26.7 Å². The summed E-state index contributed by atoms with van der Waals surface area (Å²) in [5.74, 6) is 0.244. The van der Waals surface area contributed by atoms with Gasteiger partial charge in [0, 0.05) is 22.6 Å². The SMILES string of the molecule is Cc1cc(NC(=O)c2ccccc2)cc(C(C)C)n1. The lowest BCUT2D eigenvalue weighted by molar-refractivity contribution is 0.102. The number of anilines is 1. The molecular formula is C16H18N2O. The molecule has 0 saturated heterocycles. The zero-order valence-electron chi connectivity index (χ0n) is 11.5. The summed E-state index contributed by atoms with van der Waals surface area (Å²) in [6.07, 6.45) is 0. The van der Waals surface area contributed by atoms with Gasteiger partial charge in [0.05, 0.1) is 0 Å². The van der Waals surface area contributed by atoms with Crippen molar-refractivity contribution in [1.29, 1.82) is 0 Å². The van der Waals surface area contributed by atoms with Gasteiger partial charge in [0.1, 0.15) is 0 Å². The Morgan fingerprint density at radius 2 is 1.84 bits per heavy atom. The third-order valence-electron chi connectivity index (χ3n) is 2.86. The molecule has 98 valence electrons. The van der Waals surface area contributed by atoms with E-state index in [1.165, 1.54) is 0 Å². The van der Waals surface area contributed by atoms with Crippen LogP contribution in [-0.4, -0.2) is 10.9 Å². The minimum atomic E-state index is -0.0964. The molecule has 1 heterocycles. The van der Waals surface area contributed by atoms with E-state index in [0.29, 0.717) is 11.5 Å². The average molecular weight is 254 g/mol. The van der Waals surface area contributed by atoms with Gasteiger partial charge in [0.2, 0.25) is 0 Å². The van der Waals surface area contributed by atoms with Crippen LogP contribution in [0.5, 0.6) is 0 Å². The number of carbonyl (C=O) groups excluding carboxylic acids is 1. The van der Waals surface area contributed by atoms with Crippen molar-refractivity contribution >= 4 is 11.6 Å². The molecule has 0 spiro atoms. The van der Waals surface area contributed by atoms with Gasteiger partial charge in [-0.05, 0) is 37.1 Å².